The Morgan fingerprint density at radius 2 is 1.60 bits per heavy atom. The van der Waals surface area contributed by atoms with E-state index in [-0.39, 0.29) is 37.7 Å². The smallest absolute Gasteiger partial charge is 0.328 e. The molecular weight excluding hydrogens is 520 g/mol. The second-order valence-electron chi connectivity index (χ2n) is 9.97. The number of H-pyrrole nitrogens is 1. The molecule has 0 saturated heterocycles. The zero-order chi connectivity index (χ0) is 30.0. The number of para-hydroxylation sites is 1. The van der Waals surface area contributed by atoms with Crippen LogP contribution in [0.5, 0.6) is 0 Å². The first-order chi connectivity index (χ1) is 18.8. The fourth-order valence-electron chi connectivity index (χ4n) is 3.99. The molecule has 2 aromatic rings. The van der Waals surface area contributed by atoms with Crippen LogP contribution < -0.4 is 33.2 Å². The van der Waals surface area contributed by atoms with E-state index in [0.717, 1.165) is 16.5 Å². The van der Waals surface area contributed by atoms with Gasteiger partial charge in [-0.3, -0.25) is 19.4 Å². The zero-order valence-corrected chi connectivity index (χ0v) is 22.9. The number of carbonyl (C=O) groups excluding carboxylic acids is 3. The Bertz CT molecular complexity index is 1210. The van der Waals surface area contributed by atoms with Gasteiger partial charge in [0.05, 0.1) is 12.1 Å². The molecule has 5 unspecified atom stereocenters. The van der Waals surface area contributed by atoms with Crippen molar-refractivity contribution in [2.24, 2.45) is 28.1 Å². The maximum atomic E-state index is 13.6. The van der Waals surface area contributed by atoms with Gasteiger partial charge in [-0.2, -0.15) is 0 Å². The van der Waals surface area contributed by atoms with Crippen LogP contribution in [0.4, 0.5) is 0 Å². The summed E-state index contributed by atoms with van der Waals surface area (Å²) in [6.45, 7) is 4.92. The quantitative estimate of drug-likeness (QED) is 0.0709. The summed E-state index contributed by atoms with van der Waals surface area (Å²) in [4.78, 5) is 58.0. The average molecular weight is 561 g/mol. The Balaban J connectivity index is 2.33. The van der Waals surface area contributed by atoms with Gasteiger partial charge in [0.2, 0.25) is 17.7 Å². The van der Waals surface area contributed by atoms with Gasteiger partial charge in [-0.15, -0.1) is 0 Å². The minimum absolute atomic E-state index is 0.0414. The number of aliphatic carboxylic acids is 1. The molecule has 2 rings (SSSR count). The van der Waals surface area contributed by atoms with Crippen molar-refractivity contribution in [1.82, 2.24) is 20.9 Å². The highest BCUT2D eigenvalue weighted by molar-refractivity contribution is 5.95. The highest BCUT2D eigenvalue weighted by Gasteiger charge is 2.32. The maximum Gasteiger partial charge on any atom is 0.328 e. The molecule has 220 valence electrons. The van der Waals surface area contributed by atoms with Gasteiger partial charge in [-0.05, 0) is 37.3 Å². The number of aliphatic imine (C=N–C) groups is 1. The van der Waals surface area contributed by atoms with Crippen LogP contribution in [-0.2, 0) is 25.6 Å². The van der Waals surface area contributed by atoms with Crippen LogP contribution in [0.25, 0.3) is 10.9 Å². The lowest BCUT2D eigenvalue weighted by Crippen LogP contribution is -2.59. The van der Waals surface area contributed by atoms with Crippen LogP contribution in [0, 0.1) is 5.92 Å². The number of carbonyl (C=O) groups is 4. The monoisotopic (exact) mass is 560 g/mol. The Morgan fingerprint density at radius 1 is 0.975 bits per heavy atom. The van der Waals surface area contributed by atoms with Gasteiger partial charge in [0, 0.05) is 30.1 Å². The summed E-state index contributed by atoms with van der Waals surface area (Å²) in [5, 5.41) is 27.6. The molecule has 14 heteroatoms. The van der Waals surface area contributed by atoms with Crippen molar-refractivity contribution in [2.75, 3.05) is 6.54 Å². The van der Waals surface area contributed by atoms with Gasteiger partial charge in [0.1, 0.15) is 12.1 Å². The van der Waals surface area contributed by atoms with E-state index in [9.17, 15) is 29.4 Å². The summed E-state index contributed by atoms with van der Waals surface area (Å²) in [6, 6.07) is 2.65. The topological polar surface area (TPSA) is 251 Å². The maximum absolute atomic E-state index is 13.6. The number of aliphatic hydroxyl groups excluding tert-OH is 1. The second kappa shape index (κ2) is 14.8. The van der Waals surface area contributed by atoms with Gasteiger partial charge in [-0.1, -0.05) is 32.0 Å². The van der Waals surface area contributed by atoms with E-state index in [4.69, 9.17) is 17.2 Å². The Labute approximate surface area is 232 Å². The molecule has 40 heavy (non-hydrogen) atoms. The third-order valence-electron chi connectivity index (χ3n) is 6.38. The molecule has 0 aliphatic carbocycles. The average Bonchev–Trinajstić information content (AvgIpc) is 3.29. The normalized spacial score (nSPS) is 14.9. The summed E-state index contributed by atoms with van der Waals surface area (Å²) >= 11 is 0. The molecule has 1 aromatic carbocycles. The predicted molar refractivity (Wildman–Crippen MR) is 150 cm³/mol. The highest BCUT2D eigenvalue weighted by Crippen LogP contribution is 2.19. The molecule has 5 atom stereocenters. The van der Waals surface area contributed by atoms with Crippen molar-refractivity contribution in [1.29, 1.82) is 0 Å². The molecular formula is C26H40N8O6. The second-order valence-corrected chi connectivity index (χ2v) is 9.97. The van der Waals surface area contributed by atoms with Crippen LogP contribution in [0.1, 0.15) is 39.2 Å². The molecule has 0 fully saturated rings. The molecule has 0 aliphatic heterocycles. The standard InChI is InChI=1S/C26H40N8O6/c1-13(2)20(27)24(38)33-19(11-15-12-31-17-8-5-4-7-16(15)17)23(37)32-18(9-6-10-30-26(28)29)22(36)34-21(14(3)35)25(39)40/h4-5,7-8,12-14,18-21,31,35H,6,9-11,27H2,1-3H3,(H,32,37)(H,33,38)(H,34,36)(H,39,40)(H4,28,29,30). The number of nitrogens with one attached hydrogen (secondary N) is 4. The molecule has 1 aromatic heterocycles. The third kappa shape index (κ3) is 9.24. The zero-order valence-electron chi connectivity index (χ0n) is 22.9. The lowest BCUT2D eigenvalue weighted by atomic mass is 10.0. The molecule has 12 N–H and O–H groups in total. The third-order valence-corrected chi connectivity index (χ3v) is 6.38. The molecule has 0 radical (unpaired) electrons. The van der Waals surface area contributed by atoms with E-state index in [2.05, 4.69) is 25.9 Å². The number of nitrogens with two attached hydrogens (primary N) is 3. The molecule has 3 amide bonds. The fourth-order valence-corrected chi connectivity index (χ4v) is 3.99. The van der Waals surface area contributed by atoms with Crippen LogP contribution in [-0.4, -0.2) is 81.7 Å². The number of aromatic nitrogens is 1. The van der Waals surface area contributed by atoms with Crippen molar-refractivity contribution in [3.05, 3.63) is 36.0 Å². The first kappa shape index (κ1) is 32.0. The van der Waals surface area contributed by atoms with Gasteiger partial charge in [0.25, 0.3) is 0 Å². The predicted octanol–water partition coefficient (Wildman–Crippen LogP) is -1.33. The van der Waals surface area contributed by atoms with E-state index < -0.39 is 54.0 Å². The fraction of sp³-hybridized carbons (Fsp3) is 0.500. The van der Waals surface area contributed by atoms with Crippen molar-refractivity contribution >= 4 is 40.6 Å². The van der Waals surface area contributed by atoms with Crippen LogP contribution in [0.2, 0.25) is 0 Å². The van der Waals surface area contributed by atoms with Crippen molar-refractivity contribution in [3.8, 4) is 0 Å². The molecule has 0 spiro atoms. The Kier molecular flexibility index (Phi) is 11.9. The van der Waals surface area contributed by atoms with Gasteiger partial charge < -0.3 is 48.3 Å². The molecule has 0 aliphatic rings. The number of aliphatic hydroxyl groups is 1. The van der Waals surface area contributed by atoms with E-state index >= 15 is 0 Å². The summed E-state index contributed by atoms with van der Waals surface area (Å²) in [5.41, 5.74) is 18.3. The molecule has 14 nitrogen and oxygen atoms in total. The number of rotatable bonds is 15. The summed E-state index contributed by atoms with van der Waals surface area (Å²) < 4.78 is 0. The highest BCUT2D eigenvalue weighted by atomic mass is 16.4. The number of hydrogen-bond donors (Lipinski definition) is 9. The van der Waals surface area contributed by atoms with E-state index in [0.29, 0.717) is 0 Å². The first-order valence-corrected chi connectivity index (χ1v) is 13.0. The van der Waals surface area contributed by atoms with E-state index in [1.807, 2.05) is 24.3 Å². The number of guanidine groups is 1. The van der Waals surface area contributed by atoms with Crippen molar-refractivity contribution < 1.29 is 29.4 Å². The number of fused-ring (bicyclic) bond motifs is 1. The lowest BCUT2D eigenvalue weighted by molar-refractivity contribution is -0.145. The first-order valence-electron chi connectivity index (χ1n) is 13.0. The lowest BCUT2D eigenvalue weighted by Gasteiger charge is -2.26. The van der Waals surface area contributed by atoms with Crippen molar-refractivity contribution in [3.63, 3.8) is 0 Å². The number of carboxylic acids is 1. The summed E-state index contributed by atoms with van der Waals surface area (Å²) in [7, 11) is 0. The van der Waals surface area contributed by atoms with Gasteiger partial charge in [0.15, 0.2) is 12.0 Å². The number of aromatic amines is 1. The largest absolute Gasteiger partial charge is 0.480 e. The summed E-state index contributed by atoms with van der Waals surface area (Å²) in [6.07, 6.45) is 0.727. The van der Waals surface area contributed by atoms with Gasteiger partial charge in [-0.25, -0.2) is 4.79 Å². The number of nitrogens with zero attached hydrogens (tertiary/aromatic N) is 1. The minimum Gasteiger partial charge on any atom is -0.480 e. The van der Waals surface area contributed by atoms with Crippen LogP contribution in [0.3, 0.4) is 0 Å². The van der Waals surface area contributed by atoms with Crippen LogP contribution >= 0.6 is 0 Å². The Morgan fingerprint density at radius 3 is 2.20 bits per heavy atom. The number of hydrogen-bond acceptors (Lipinski definition) is 7. The number of benzene rings is 1. The van der Waals surface area contributed by atoms with Crippen molar-refractivity contribution in [2.45, 2.75) is 70.3 Å². The molecule has 0 saturated carbocycles. The Hall–Kier alpha value is -4.17. The minimum atomic E-state index is -1.60. The van der Waals surface area contributed by atoms with E-state index in [1.54, 1.807) is 20.0 Å². The van der Waals surface area contributed by atoms with Crippen LogP contribution in [0.15, 0.2) is 35.5 Å². The molecule has 0 bridgehead atoms. The summed E-state index contributed by atoms with van der Waals surface area (Å²) in [5.74, 6) is -3.83. The SMILES string of the molecule is CC(C)C(N)C(=O)NC(Cc1c[nH]c2ccccc12)C(=O)NC(CCCN=C(N)N)C(=O)NC(C(=O)O)C(C)O. The number of carboxylic acid groups (broad SMARTS) is 1. The molecule has 1 heterocycles. The number of amides is 3. The van der Waals surface area contributed by atoms with Gasteiger partial charge >= 0.3 is 5.97 Å². The van der Waals surface area contributed by atoms with E-state index in [1.165, 1.54) is 6.92 Å².